The van der Waals surface area contributed by atoms with Gasteiger partial charge in [0.2, 0.25) is 0 Å². The van der Waals surface area contributed by atoms with Crippen molar-refractivity contribution in [3.05, 3.63) is 95.6 Å². The summed E-state index contributed by atoms with van der Waals surface area (Å²) in [5.41, 5.74) is 8.77. The van der Waals surface area contributed by atoms with Crippen molar-refractivity contribution in [3.8, 4) is 0 Å². The van der Waals surface area contributed by atoms with Gasteiger partial charge in [0.05, 0.1) is 10.1 Å². The van der Waals surface area contributed by atoms with Crippen LogP contribution in [0.1, 0.15) is 21.9 Å². The number of benzene rings is 3. The number of nitrogens with one attached hydrogen (secondary N) is 2. The average Bonchev–Trinajstić information content (AvgIpc) is 2.80. The Balaban J connectivity index is 0.000000294. The lowest BCUT2D eigenvalue weighted by atomic mass is 10.0. The van der Waals surface area contributed by atoms with Gasteiger partial charge in [-0.2, -0.15) is 0 Å². The minimum atomic E-state index is -4.27. The zero-order valence-corrected chi connectivity index (χ0v) is 21.1. The minimum absolute atomic E-state index is 0.178. The van der Waals surface area contributed by atoms with Gasteiger partial charge in [-0.3, -0.25) is 0 Å². The number of thiocarbonyl (C=S) groups is 1. The molecule has 3 rings (SSSR count). The summed E-state index contributed by atoms with van der Waals surface area (Å²) >= 11 is 7.00. The van der Waals surface area contributed by atoms with Gasteiger partial charge in [0.25, 0.3) is 0 Å². The summed E-state index contributed by atoms with van der Waals surface area (Å²) in [6.45, 7) is 2.66. The van der Waals surface area contributed by atoms with Crippen LogP contribution in [0.5, 0.6) is 0 Å². The third-order valence-corrected chi connectivity index (χ3v) is 7.15. The van der Waals surface area contributed by atoms with E-state index in [1.165, 1.54) is 23.3 Å². The summed E-state index contributed by atoms with van der Waals surface area (Å²) in [5.74, 6) is 0.968. The summed E-state index contributed by atoms with van der Waals surface area (Å²) in [7, 11) is -2.44. The molecule has 5 N–H and O–H groups in total. The predicted molar refractivity (Wildman–Crippen MR) is 139 cm³/mol. The lowest BCUT2D eigenvalue weighted by Gasteiger charge is -2.18. The van der Waals surface area contributed by atoms with E-state index in [-0.39, 0.29) is 4.90 Å². The molecule has 0 aliphatic heterocycles. The van der Waals surface area contributed by atoms with Crippen LogP contribution in [0, 0.1) is 6.92 Å². The summed E-state index contributed by atoms with van der Waals surface area (Å²) in [6.07, 6.45) is 0. The van der Waals surface area contributed by atoms with Crippen LogP contribution in [0.4, 0.5) is 5.69 Å². The van der Waals surface area contributed by atoms with Gasteiger partial charge >= 0.3 is 0 Å². The topological polar surface area (TPSA) is 109 Å². The Morgan fingerprint density at radius 3 is 2.21 bits per heavy atom. The van der Waals surface area contributed by atoms with Gasteiger partial charge < -0.3 is 20.9 Å². The Bertz CT molecular complexity index is 1120. The standard InChI is InChI=1S/C17H21N3S2.C7H8O3S/c1-19-17(21)20-11-12-22-16(13-7-3-2-4-8-13)14-9-5-6-10-15(14)18;1-6-2-4-7(5-3-6)11(8,9)10/h2-10,16H,11-12,18H2,1H3,(H2,19,20,21);2-5H,1H3,(H,8,9,10). The highest BCUT2D eigenvalue weighted by atomic mass is 32.2. The minimum Gasteiger partial charge on any atom is -0.744 e. The van der Waals surface area contributed by atoms with Crippen LogP contribution >= 0.6 is 24.0 Å². The molecule has 6 nitrogen and oxygen atoms in total. The van der Waals surface area contributed by atoms with Crippen LogP contribution in [0.15, 0.2) is 83.8 Å². The second kappa shape index (κ2) is 13.3. The fraction of sp³-hybridized carbons (Fsp3) is 0.208. The normalized spacial score (nSPS) is 11.6. The number of thioether (sulfide) groups is 1. The number of hydrogen-bond donors (Lipinski definition) is 3. The molecule has 0 bridgehead atoms. The predicted octanol–water partition coefficient (Wildman–Crippen LogP) is 3.38. The molecule has 3 aromatic rings. The molecular formula is C24H29N3O3S3. The maximum Gasteiger partial charge on any atom is 0.166 e. The SMILES string of the molecule is CNC(=S)NCCSC(c1ccccc1)c1ccccc1[NH3+].Cc1ccc(S(=O)(=O)[O-])cc1. The Labute approximate surface area is 205 Å². The number of quaternary nitrogens is 1. The first-order chi connectivity index (χ1) is 15.7. The zero-order chi connectivity index (χ0) is 24.3. The van der Waals surface area contributed by atoms with E-state index in [0.29, 0.717) is 10.4 Å². The molecule has 0 spiro atoms. The summed E-state index contributed by atoms with van der Waals surface area (Å²) in [4.78, 5) is -0.178. The van der Waals surface area contributed by atoms with Gasteiger partial charge in [0, 0.05) is 24.9 Å². The highest BCUT2D eigenvalue weighted by Crippen LogP contribution is 2.37. The van der Waals surface area contributed by atoms with E-state index in [1.54, 1.807) is 12.1 Å². The smallest absolute Gasteiger partial charge is 0.166 e. The van der Waals surface area contributed by atoms with Crippen molar-refractivity contribution >= 4 is 44.9 Å². The molecular weight excluding hydrogens is 474 g/mol. The number of hydrogen-bond acceptors (Lipinski definition) is 5. The molecule has 0 aliphatic rings. The van der Waals surface area contributed by atoms with Crippen molar-refractivity contribution < 1.29 is 18.7 Å². The Hall–Kier alpha value is -2.43. The largest absolute Gasteiger partial charge is 0.744 e. The maximum atomic E-state index is 10.4. The first-order valence-electron chi connectivity index (χ1n) is 10.3. The molecule has 0 fully saturated rings. The molecule has 9 heteroatoms. The highest BCUT2D eigenvalue weighted by Gasteiger charge is 2.18. The van der Waals surface area contributed by atoms with Crippen molar-refractivity contribution in [1.82, 2.24) is 10.6 Å². The van der Waals surface area contributed by atoms with Crippen molar-refractivity contribution in [2.75, 3.05) is 19.3 Å². The van der Waals surface area contributed by atoms with E-state index < -0.39 is 10.1 Å². The van der Waals surface area contributed by atoms with Crippen LogP contribution in [0.3, 0.4) is 0 Å². The molecule has 176 valence electrons. The van der Waals surface area contributed by atoms with Crippen LogP contribution < -0.4 is 16.4 Å². The van der Waals surface area contributed by atoms with E-state index in [1.807, 2.05) is 37.9 Å². The molecule has 3 aromatic carbocycles. The van der Waals surface area contributed by atoms with Gasteiger partial charge in [-0.15, -0.1) is 11.8 Å². The van der Waals surface area contributed by atoms with E-state index in [9.17, 15) is 13.0 Å². The number of rotatable bonds is 7. The molecule has 0 amide bonds. The lowest BCUT2D eigenvalue weighted by molar-refractivity contribution is -0.255. The quantitative estimate of drug-likeness (QED) is 0.258. The monoisotopic (exact) mass is 503 g/mol. The van der Waals surface area contributed by atoms with Gasteiger partial charge in [0.1, 0.15) is 15.8 Å². The fourth-order valence-corrected chi connectivity index (χ4v) is 4.70. The van der Waals surface area contributed by atoms with Crippen LogP contribution in [-0.4, -0.2) is 37.4 Å². The number of aryl methyl sites for hydroxylation is 1. The van der Waals surface area contributed by atoms with E-state index in [2.05, 4.69) is 58.8 Å². The molecule has 0 saturated heterocycles. The van der Waals surface area contributed by atoms with Crippen LogP contribution in [0.2, 0.25) is 0 Å². The molecule has 1 atom stereocenters. The summed E-state index contributed by atoms with van der Waals surface area (Å²) in [6, 6.07) is 24.7. The molecule has 0 saturated carbocycles. The van der Waals surface area contributed by atoms with Crippen molar-refractivity contribution in [3.63, 3.8) is 0 Å². The Morgan fingerprint density at radius 1 is 1.03 bits per heavy atom. The van der Waals surface area contributed by atoms with E-state index in [4.69, 9.17) is 12.2 Å². The van der Waals surface area contributed by atoms with Crippen molar-refractivity contribution in [2.24, 2.45) is 0 Å². The maximum absolute atomic E-state index is 10.4. The Morgan fingerprint density at radius 2 is 1.64 bits per heavy atom. The molecule has 0 heterocycles. The summed E-state index contributed by atoms with van der Waals surface area (Å²) in [5, 5.41) is 7.10. The van der Waals surface area contributed by atoms with E-state index in [0.717, 1.165) is 23.5 Å². The molecule has 0 aromatic heterocycles. The van der Waals surface area contributed by atoms with Gasteiger partial charge in [-0.05, 0) is 42.9 Å². The first-order valence-corrected chi connectivity index (χ1v) is 13.1. The zero-order valence-electron chi connectivity index (χ0n) is 18.7. The van der Waals surface area contributed by atoms with Crippen molar-refractivity contribution in [1.29, 1.82) is 0 Å². The second-order valence-corrected chi connectivity index (χ2v) is 10.1. The lowest BCUT2D eigenvalue weighted by Crippen LogP contribution is -2.41. The van der Waals surface area contributed by atoms with Crippen molar-refractivity contribution in [2.45, 2.75) is 17.1 Å². The molecule has 1 unspecified atom stereocenters. The average molecular weight is 504 g/mol. The van der Waals surface area contributed by atoms with Gasteiger partial charge in [0.15, 0.2) is 5.11 Å². The van der Waals surface area contributed by atoms with E-state index >= 15 is 0 Å². The van der Waals surface area contributed by atoms with Gasteiger partial charge in [-0.1, -0.05) is 66.2 Å². The fourth-order valence-electron chi connectivity index (χ4n) is 2.92. The third-order valence-electron chi connectivity index (χ3n) is 4.65. The molecule has 33 heavy (non-hydrogen) atoms. The highest BCUT2D eigenvalue weighted by molar-refractivity contribution is 7.99. The summed E-state index contributed by atoms with van der Waals surface area (Å²) < 4.78 is 31.2. The second-order valence-electron chi connectivity index (χ2n) is 7.13. The first kappa shape index (κ1) is 26.8. The van der Waals surface area contributed by atoms with Gasteiger partial charge in [-0.25, -0.2) is 8.42 Å². The van der Waals surface area contributed by atoms with Crippen LogP contribution in [-0.2, 0) is 10.1 Å². The molecule has 0 aliphatic carbocycles. The third kappa shape index (κ3) is 9.15. The molecule has 0 radical (unpaired) electrons. The Kier molecular flexibility index (Phi) is 10.8. The van der Waals surface area contributed by atoms with Crippen LogP contribution in [0.25, 0.3) is 0 Å².